The first-order chi connectivity index (χ1) is 9.27. The fourth-order valence-electron chi connectivity index (χ4n) is 1.66. The molecule has 5 heteroatoms. The molecule has 0 aliphatic rings. The number of benzene rings is 1. The van der Waals surface area contributed by atoms with Gasteiger partial charge in [0, 0.05) is 24.8 Å². The summed E-state index contributed by atoms with van der Waals surface area (Å²) in [6.07, 6.45) is 1.72. The van der Waals surface area contributed by atoms with E-state index < -0.39 is 0 Å². The van der Waals surface area contributed by atoms with Crippen LogP contribution in [0.15, 0.2) is 22.7 Å². The Balaban J connectivity index is 2.28. The average Bonchev–Trinajstić information content (AvgIpc) is 2.40. The number of ether oxygens (including phenoxy) is 3. The number of nitrogens with two attached hydrogens (primary N) is 1. The molecule has 4 nitrogen and oxygen atoms in total. The highest BCUT2D eigenvalue weighted by molar-refractivity contribution is 9.10. The molecule has 0 saturated carbocycles. The molecule has 0 spiro atoms. The van der Waals surface area contributed by atoms with Crippen LogP contribution in [0.25, 0.3) is 0 Å². The largest absolute Gasteiger partial charge is 0.491 e. The van der Waals surface area contributed by atoms with Crippen molar-refractivity contribution in [3.63, 3.8) is 0 Å². The van der Waals surface area contributed by atoms with Crippen LogP contribution in [-0.2, 0) is 15.9 Å². The zero-order valence-electron chi connectivity index (χ0n) is 11.4. The van der Waals surface area contributed by atoms with Gasteiger partial charge < -0.3 is 19.9 Å². The maximum Gasteiger partial charge on any atom is 0.122 e. The Kier molecular flexibility index (Phi) is 8.82. The van der Waals surface area contributed by atoms with Crippen molar-refractivity contribution in [1.82, 2.24) is 0 Å². The van der Waals surface area contributed by atoms with Crippen molar-refractivity contribution in [1.29, 1.82) is 0 Å². The molecule has 0 bridgehead atoms. The molecule has 108 valence electrons. The normalized spacial score (nSPS) is 10.7. The topological polar surface area (TPSA) is 53.7 Å². The van der Waals surface area contributed by atoms with Gasteiger partial charge >= 0.3 is 0 Å². The van der Waals surface area contributed by atoms with Gasteiger partial charge in [-0.15, -0.1) is 0 Å². The SMILES string of the molecule is COCCCOCCOc1ccc(Br)cc1CCN. The molecule has 0 heterocycles. The Hall–Kier alpha value is -0.620. The van der Waals surface area contributed by atoms with Crippen molar-refractivity contribution in [3.05, 3.63) is 28.2 Å². The van der Waals surface area contributed by atoms with Crippen LogP contribution in [0.4, 0.5) is 0 Å². The minimum Gasteiger partial charge on any atom is -0.491 e. The van der Waals surface area contributed by atoms with E-state index >= 15 is 0 Å². The lowest BCUT2D eigenvalue weighted by atomic mass is 10.1. The Labute approximate surface area is 123 Å². The van der Waals surface area contributed by atoms with Crippen molar-refractivity contribution >= 4 is 15.9 Å². The second-order valence-electron chi connectivity index (χ2n) is 4.10. The highest BCUT2D eigenvalue weighted by Gasteiger charge is 2.04. The zero-order valence-corrected chi connectivity index (χ0v) is 12.9. The summed E-state index contributed by atoms with van der Waals surface area (Å²) in [7, 11) is 1.69. The Morgan fingerprint density at radius 1 is 1.16 bits per heavy atom. The van der Waals surface area contributed by atoms with Crippen molar-refractivity contribution in [2.45, 2.75) is 12.8 Å². The first-order valence-corrected chi connectivity index (χ1v) is 7.25. The van der Waals surface area contributed by atoms with Gasteiger partial charge in [-0.1, -0.05) is 15.9 Å². The van der Waals surface area contributed by atoms with Gasteiger partial charge in [0.05, 0.1) is 6.61 Å². The van der Waals surface area contributed by atoms with E-state index in [2.05, 4.69) is 15.9 Å². The van der Waals surface area contributed by atoms with Gasteiger partial charge in [0.1, 0.15) is 12.4 Å². The van der Waals surface area contributed by atoms with E-state index in [0.29, 0.717) is 26.4 Å². The van der Waals surface area contributed by atoms with Crippen molar-refractivity contribution in [2.24, 2.45) is 5.73 Å². The smallest absolute Gasteiger partial charge is 0.122 e. The molecular weight excluding hydrogens is 310 g/mol. The molecule has 1 aromatic carbocycles. The third-order valence-electron chi connectivity index (χ3n) is 2.56. The molecule has 0 radical (unpaired) electrons. The maximum atomic E-state index is 5.72. The number of methoxy groups -OCH3 is 1. The van der Waals surface area contributed by atoms with Crippen LogP contribution in [0.3, 0.4) is 0 Å². The minimum absolute atomic E-state index is 0.548. The summed E-state index contributed by atoms with van der Waals surface area (Å²) in [4.78, 5) is 0. The molecule has 0 amide bonds. The fourth-order valence-corrected chi connectivity index (χ4v) is 2.07. The lowest BCUT2D eigenvalue weighted by molar-refractivity contribution is 0.0804. The van der Waals surface area contributed by atoms with Crippen LogP contribution in [0.2, 0.25) is 0 Å². The van der Waals surface area contributed by atoms with Gasteiger partial charge in [0.2, 0.25) is 0 Å². The molecule has 1 aromatic rings. The first kappa shape index (κ1) is 16.4. The van der Waals surface area contributed by atoms with Crippen molar-refractivity contribution < 1.29 is 14.2 Å². The molecule has 0 aliphatic carbocycles. The van der Waals surface area contributed by atoms with E-state index in [4.69, 9.17) is 19.9 Å². The van der Waals surface area contributed by atoms with Crippen LogP contribution >= 0.6 is 15.9 Å². The van der Waals surface area contributed by atoms with Gasteiger partial charge in [-0.05, 0) is 43.1 Å². The molecule has 0 fully saturated rings. The molecule has 0 aliphatic heterocycles. The Bertz CT molecular complexity index is 361. The van der Waals surface area contributed by atoms with Crippen molar-refractivity contribution in [3.8, 4) is 5.75 Å². The summed E-state index contributed by atoms with van der Waals surface area (Å²) in [5.41, 5.74) is 6.72. The standard InChI is InChI=1S/C14H22BrNO3/c1-17-7-2-8-18-9-10-19-14-4-3-13(15)11-12(14)5-6-16/h3-4,11H,2,5-10,16H2,1H3. The van der Waals surface area contributed by atoms with Crippen LogP contribution < -0.4 is 10.5 Å². The van der Waals surface area contributed by atoms with E-state index in [-0.39, 0.29) is 0 Å². The van der Waals surface area contributed by atoms with Crippen LogP contribution in [0.5, 0.6) is 5.75 Å². The summed E-state index contributed by atoms with van der Waals surface area (Å²) >= 11 is 3.45. The highest BCUT2D eigenvalue weighted by atomic mass is 79.9. The third kappa shape index (κ3) is 6.92. The minimum atomic E-state index is 0.548. The Morgan fingerprint density at radius 2 is 2.00 bits per heavy atom. The van der Waals surface area contributed by atoms with E-state index in [1.807, 2.05) is 18.2 Å². The van der Waals surface area contributed by atoms with E-state index in [1.54, 1.807) is 7.11 Å². The Morgan fingerprint density at radius 3 is 2.74 bits per heavy atom. The summed E-state index contributed by atoms with van der Waals surface area (Å²) in [6.45, 7) is 3.18. The van der Waals surface area contributed by atoms with Gasteiger partial charge in [-0.3, -0.25) is 0 Å². The summed E-state index contributed by atoms with van der Waals surface area (Å²) in [6, 6.07) is 5.97. The maximum absolute atomic E-state index is 5.72. The predicted molar refractivity (Wildman–Crippen MR) is 79.7 cm³/mol. The third-order valence-corrected chi connectivity index (χ3v) is 3.05. The zero-order chi connectivity index (χ0) is 13.9. The number of halogens is 1. The highest BCUT2D eigenvalue weighted by Crippen LogP contribution is 2.23. The van der Waals surface area contributed by atoms with Crippen molar-refractivity contribution in [2.75, 3.05) is 40.1 Å². The predicted octanol–water partition coefficient (Wildman–Crippen LogP) is 2.38. The van der Waals surface area contributed by atoms with Gasteiger partial charge in [0.25, 0.3) is 0 Å². The van der Waals surface area contributed by atoms with Crippen LogP contribution in [0.1, 0.15) is 12.0 Å². The lowest BCUT2D eigenvalue weighted by Gasteiger charge is -2.11. The van der Waals surface area contributed by atoms with E-state index in [9.17, 15) is 0 Å². The van der Waals surface area contributed by atoms with E-state index in [0.717, 1.165) is 35.2 Å². The second-order valence-corrected chi connectivity index (χ2v) is 5.01. The molecule has 0 atom stereocenters. The van der Waals surface area contributed by atoms with Gasteiger partial charge in [-0.25, -0.2) is 0 Å². The lowest BCUT2D eigenvalue weighted by Crippen LogP contribution is -2.10. The molecule has 0 unspecified atom stereocenters. The van der Waals surface area contributed by atoms with Crippen LogP contribution in [-0.4, -0.2) is 40.1 Å². The molecule has 2 N–H and O–H groups in total. The summed E-state index contributed by atoms with van der Waals surface area (Å²) in [5, 5.41) is 0. The monoisotopic (exact) mass is 331 g/mol. The fraction of sp³-hybridized carbons (Fsp3) is 0.571. The molecule has 19 heavy (non-hydrogen) atoms. The quantitative estimate of drug-likeness (QED) is 0.669. The second kappa shape index (κ2) is 10.2. The van der Waals surface area contributed by atoms with Gasteiger partial charge in [0.15, 0.2) is 0 Å². The first-order valence-electron chi connectivity index (χ1n) is 6.46. The molecular formula is C14H22BrNO3. The average molecular weight is 332 g/mol. The van der Waals surface area contributed by atoms with Gasteiger partial charge in [-0.2, -0.15) is 0 Å². The number of hydrogen-bond donors (Lipinski definition) is 1. The summed E-state index contributed by atoms with van der Waals surface area (Å²) < 4.78 is 17.1. The molecule has 0 aromatic heterocycles. The molecule has 1 rings (SSSR count). The number of hydrogen-bond acceptors (Lipinski definition) is 4. The van der Waals surface area contributed by atoms with Crippen LogP contribution in [0, 0.1) is 0 Å². The number of rotatable bonds is 10. The molecule has 0 saturated heterocycles. The van der Waals surface area contributed by atoms with E-state index in [1.165, 1.54) is 0 Å². The summed E-state index contributed by atoms with van der Waals surface area (Å²) in [5.74, 6) is 0.883.